The lowest BCUT2D eigenvalue weighted by atomic mass is 9.49. The van der Waals surface area contributed by atoms with E-state index < -0.39 is 46.8 Å². The summed E-state index contributed by atoms with van der Waals surface area (Å²) in [6.45, 7) is 3.74. The monoisotopic (exact) mass is 777 g/mol. The Morgan fingerprint density at radius 2 is 1.60 bits per heavy atom. The molecule has 2 heterocycles. The van der Waals surface area contributed by atoms with Crippen molar-refractivity contribution in [3.63, 3.8) is 0 Å². The summed E-state index contributed by atoms with van der Waals surface area (Å²) in [7, 11) is 1.55. The van der Waals surface area contributed by atoms with Crippen LogP contribution >= 0.6 is 23.2 Å². The van der Waals surface area contributed by atoms with Crippen molar-refractivity contribution in [1.29, 1.82) is 0 Å². The second kappa shape index (κ2) is 14.3. The zero-order valence-electron chi connectivity index (χ0n) is 29.8. The molecule has 0 aromatic heterocycles. The molecule has 4 aromatic rings. The number of aliphatic hydroxyl groups excluding tert-OH is 1. The summed E-state index contributed by atoms with van der Waals surface area (Å²) in [5.74, 6) is -4.18. The second-order valence-corrected chi connectivity index (χ2v) is 15.0. The number of imide groups is 2. The molecular formula is C43H37Cl2N3O7. The van der Waals surface area contributed by atoms with Crippen molar-refractivity contribution in [3.05, 3.63) is 136 Å². The molecule has 6 atom stereocenters. The van der Waals surface area contributed by atoms with E-state index in [0.717, 1.165) is 16.1 Å². The minimum absolute atomic E-state index is 0.0980. The van der Waals surface area contributed by atoms with E-state index in [1.807, 2.05) is 30.3 Å². The fourth-order valence-corrected chi connectivity index (χ4v) is 9.60. The Hall–Kier alpha value is -5.42. The summed E-state index contributed by atoms with van der Waals surface area (Å²) >= 11 is 12.7. The molecule has 280 valence electrons. The molecule has 0 radical (unpaired) electrons. The van der Waals surface area contributed by atoms with E-state index in [1.165, 1.54) is 11.0 Å². The van der Waals surface area contributed by atoms with Gasteiger partial charge in [0, 0.05) is 10.9 Å². The number of nitrogens with one attached hydrogen (secondary N) is 1. The molecule has 1 saturated carbocycles. The van der Waals surface area contributed by atoms with Gasteiger partial charge in [0.25, 0.3) is 11.8 Å². The van der Waals surface area contributed by atoms with Gasteiger partial charge in [-0.25, -0.2) is 0 Å². The van der Waals surface area contributed by atoms with Gasteiger partial charge in [0.2, 0.25) is 11.8 Å². The van der Waals surface area contributed by atoms with Crippen LogP contribution in [0, 0.1) is 23.7 Å². The number of hydrogen-bond acceptors (Lipinski definition) is 8. The summed E-state index contributed by atoms with van der Waals surface area (Å²) in [4.78, 5) is 60.4. The number of hydrazine groups is 1. The van der Waals surface area contributed by atoms with Crippen LogP contribution in [0.25, 0.3) is 6.08 Å². The lowest BCUT2D eigenvalue weighted by Crippen LogP contribution is -2.53. The van der Waals surface area contributed by atoms with Crippen LogP contribution in [-0.2, 0) is 24.6 Å². The zero-order valence-corrected chi connectivity index (χ0v) is 31.3. The van der Waals surface area contributed by atoms with Gasteiger partial charge < -0.3 is 14.6 Å². The SMILES string of the molecule is C=Cc1ccc(N2C(=O)[C@H]3[C@H](CC=C4[C@H]3C[C@H]3C(=O)N(Nc5ccc(Cl)cc5Cl)C(=O)[C@@]3(c3ccc(OC)cc3)[C@H]4c3ccc(OCCO)cc3)C2=O)cc1. The van der Waals surface area contributed by atoms with E-state index >= 15 is 4.79 Å². The molecule has 12 heteroatoms. The van der Waals surface area contributed by atoms with Crippen molar-refractivity contribution in [2.24, 2.45) is 23.7 Å². The van der Waals surface area contributed by atoms with Crippen LogP contribution in [0.3, 0.4) is 0 Å². The Morgan fingerprint density at radius 3 is 2.25 bits per heavy atom. The molecule has 55 heavy (non-hydrogen) atoms. The highest BCUT2D eigenvalue weighted by molar-refractivity contribution is 6.36. The lowest BCUT2D eigenvalue weighted by molar-refractivity contribution is -0.138. The first-order valence-corrected chi connectivity index (χ1v) is 18.8. The van der Waals surface area contributed by atoms with Crippen molar-refractivity contribution < 1.29 is 33.8 Å². The first kappa shape index (κ1) is 36.6. The predicted octanol–water partition coefficient (Wildman–Crippen LogP) is 7.21. The molecule has 4 aliphatic rings. The fourth-order valence-electron chi connectivity index (χ4n) is 9.15. The number of ether oxygens (including phenoxy) is 2. The van der Waals surface area contributed by atoms with Gasteiger partial charge in [-0.15, -0.1) is 0 Å². The standard InChI is InChI=1S/C43H37Cl2N3O7/c1-3-24-4-11-28(12-5-24)47-39(50)32-18-17-31-33(37(32)41(47)52)23-34-40(51)48(46-36-19-10-27(44)22-35(36)45)42(53)43(34,26-8-15-29(54-2)16-9-26)38(31)25-6-13-30(14-7-25)55-21-20-49/h3-17,19,22,32-34,37-38,46,49H,1,18,20-21,23H2,2H3/t32-,33+,34-,37-,38-,43+/m0/s1. The molecule has 10 nitrogen and oxygen atoms in total. The maximum absolute atomic E-state index is 15.4. The lowest BCUT2D eigenvalue weighted by Gasteiger charge is -2.50. The number of amides is 4. The van der Waals surface area contributed by atoms with Crippen molar-refractivity contribution in [3.8, 4) is 11.5 Å². The topological polar surface area (TPSA) is 125 Å². The van der Waals surface area contributed by atoms with Gasteiger partial charge in [-0.3, -0.25) is 29.5 Å². The van der Waals surface area contributed by atoms with Crippen molar-refractivity contribution in [2.45, 2.75) is 24.2 Å². The van der Waals surface area contributed by atoms with Gasteiger partial charge in [-0.05, 0) is 90.0 Å². The molecule has 0 unspecified atom stereocenters. The van der Waals surface area contributed by atoms with Crippen molar-refractivity contribution >= 4 is 64.3 Å². The number of benzene rings is 4. The average Bonchev–Trinajstić information content (AvgIpc) is 3.58. The largest absolute Gasteiger partial charge is 0.497 e. The fraction of sp³-hybridized carbons (Fsp3) is 0.256. The van der Waals surface area contributed by atoms with E-state index in [2.05, 4.69) is 12.0 Å². The molecule has 8 rings (SSSR count). The maximum atomic E-state index is 15.4. The smallest absolute Gasteiger partial charge is 0.260 e. The normalized spacial score (nSPS) is 25.6. The molecular weight excluding hydrogens is 741 g/mol. The molecule has 3 fully saturated rings. The zero-order chi connectivity index (χ0) is 38.6. The van der Waals surface area contributed by atoms with Crippen LogP contribution < -0.4 is 19.8 Å². The van der Waals surface area contributed by atoms with E-state index in [0.29, 0.717) is 39.0 Å². The molecule has 4 aromatic carbocycles. The highest BCUT2D eigenvalue weighted by Gasteiger charge is 2.70. The number of anilines is 2. The van der Waals surface area contributed by atoms with Gasteiger partial charge in [0.05, 0.1) is 53.3 Å². The number of rotatable bonds is 10. The van der Waals surface area contributed by atoms with Gasteiger partial charge >= 0.3 is 0 Å². The molecule has 0 bridgehead atoms. The van der Waals surface area contributed by atoms with Crippen LogP contribution in [0.4, 0.5) is 11.4 Å². The number of fused-ring (bicyclic) bond motifs is 4. The second-order valence-electron chi connectivity index (χ2n) is 14.2. The van der Waals surface area contributed by atoms with Crippen LogP contribution in [-0.4, -0.2) is 54.1 Å². The van der Waals surface area contributed by atoms with Crippen LogP contribution in [0.15, 0.2) is 109 Å². The number of halogens is 2. The van der Waals surface area contributed by atoms with Crippen LogP contribution in [0.2, 0.25) is 10.0 Å². The summed E-state index contributed by atoms with van der Waals surface area (Å²) in [6, 6.07) is 26.2. The highest BCUT2D eigenvalue weighted by atomic mass is 35.5. The first-order chi connectivity index (χ1) is 26.6. The highest BCUT2D eigenvalue weighted by Crippen LogP contribution is 2.64. The molecule has 0 spiro atoms. The molecule has 2 N–H and O–H groups in total. The number of carbonyl (C=O) groups excluding carboxylic acids is 4. The van der Waals surface area contributed by atoms with Crippen molar-refractivity contribution in [1.82, 2.24) is 5.01 Å². The Bertz CT molecular complexity index is 2240. The van der Waals surface area contributed by atoms with Gasteiger partial charge in [0.15, 0.2) is 0 Å². The summed E-state index contributed by atoms with van der Waals surface area (Å²) in [5.41, 5.74) is 5.27. The molecule has 2 aliphatic heterocycles. The number of allylic oxidation sites excluding steroid dienone is 2. The van der Waals surface area contributed by atoms with E-state index in [1.54, 1.807) is 73.8 Å². The van der Waals surface area contributed by atoms with Crippen LogP contribution in [0.1, 0.15) is 35.4 Å². The first-order valence-electron chi connectivity index (χ1n) is 18.0. The number of carbonyl (C=O) groups is 4. The Labute approximate surface area is 327 Å². The Kier molecular flexibility index (Phi) is 9.53. The minimum atomic E-state index is -1.50. The third-order valence-corrected chi connectivity index (χ3v) is 12.1. The summed E-state index contributed by atoms with van der Waals surface area (Å²) in [6.07, 6.45) is 4.11. The quantitative estimate of drug-likeness (QED) is 0.128. The van der Waals surface area contributed by atoms with Gasteiger partial charge in [-0.2, -0.15) is 5.01 Å². The van der Waals surface area contributed by atoms with Gasteiger partial charge in [0.1, 0.15) is 18.1 Å². The van der Waals surface area contributed by atoms with Crippen molar-refractivity contribution in [2.75, 3.05) is 30.6 Å². The number of methoxy groups -OCH3 is 1. The molecule has 4 amide bonds. The van der Waals surface area contributed by atoms with Crippen LogP contribution in [0.5, 0.6) is 11.5 Å². The number of hydrogen-bond donors (Lipinski definition) is 2. The maximum Gasteiger partial charge on any atom is 0.260 e. The predicted molar refractivity (Wildman–Crippen MR) is 209 cm³/mol. The molecule has 2 aliphatic carbocycles. The van der Waals surface area contributed by atoms with E-state index in [-0.39, 0.29) is 42.9 Å². The minimum Gasteiger partial charge on any atom is -0.497 e. The van der Waals surface area contributed by atoms with Gasteiger partial charge in [-0.1, -0.05) is 83.9 Å². The van der Waals surface area contributed by atoms with E-state index in [9.17, 15) is 19.5 Å². The van der Waals surface area contributed by atoms with E-state index in [4.69, 9.17) is 32.7 Å². The summed E-state index contributed by atoms with van der Waals surface area (Å²) < 4.78 is 11.2. The Morgan fingerprint density at radius 1 is 0.891 bits per heavy atom. The average molecular weight is 779 g/mol. The number of nitrogens with zero attached hydrogens (tertiary/aromatic N) is 2. The third-order valence-electron chi connectivity index (χ3n) is 11.5. The number of aliphatic hydroxyl groups is 1. The summed E-state index contributed by atoms with van der Waals surface area (Å²) in [5, 5.41) is 11.0. The third kappa shape index (κ3) is 5.82. The molecule has 2 saturated heterocycles. The Balaban J connectivity index is 1.30.